The van der Waals surface area contributed by atoms with Crippen molar-refractivity contribution in [1.29, 1.82) is 0 Å². The molecule has 4 nitrogen and oxygen atoms in total. The van der Waals surface area contributed by atoms with Gasteiger partial charge in [0.25, 0.3) is 0 Å². The Hall–Kier alpha value is -0.870. The molecule has 102 valence electrons. The summed E-state index contributed by atoms with van der Waals surface area (Å²) in [5, 5.41) is 4.18. The highest BCUT2D eigenvalue weighted by Crippen LogP contribution is 2.35. The Bertz CT molecular complexity index is 329. The molecule has 1 aromatic heterocycles. The van der Waals surface area contributed by atoms with Crippen molar-refractivity contribution in [1.82, 2.24) is 9.78 Å². The molecule has 1 aromatic rings. The Labute approximate surface area is 110 Å². The predicted molar refractivity (Wildman–Crippen MR) is 72.2 cm³/mol. The normalized spacial score (nSPS) is 28.4. The Morgan fingerprint density at radius 3 is 2.78 bits per heavy atom. The average molecular weight is 251 g/mol. The Balaban J connectivity index is 1.78. The van der Waals surface area contributed by atoms with Crippen molar-refractivity contribution in [2.45, 2.75) is 51.2 Å². The number of nitrogens with zero attached hydrogens (tertiary/aromatic N) is 2. The Morgan fingerprint density at radius 1 is 1.44 bits per heavy atom. The van der Waals surface area contributed by atoms with Crippen LogP contribution in [0.1, 0.15) is 39.0 Å². The lowest BCUT2D eigenvalue weighted by molar-refractivity contribution is -0.0746. The predicted octanol–water partition coefficient (Wildman–Crippen LogP) is 2.20. The van der Waals surface area contributed by atoms with Gasteiger partial charge in [-0.1, -0.05) is 13.3 Å². The molecule has 1 aliphatic carbocycles. The van der Waals surface area contributed by atoms with Crippen LogP contribution in [0.25, 0.3) is 0 Å². The van der Waals surface area contributed by atoms with Crippen molar-refractivity contribution < 1.29 is 4.74 Å². The van der Waals surface area contributed by atoms with Gasteiger partial charge < -0.3 is 10.5 Å². The molecule has 18 heavy (non-hydrogen) atoms. The van der Waals surface area contributed by atoms with Crippen LogP contribution in [-0.4, -0.2) is 28.5 Å². The summed E-state index contributed by atoms with van der Waals surface area (Å²) in [5.74, 6) is 0.874. The van der Waals surface area contributed by atoms with Crippen molar-refractivity contribution in [3.05, 3.63) is 18.5 Å². The fourth-order valence-corrected chi connectivity index (χ4v) is 2.81. The second-order valence-corrected chi connectivity index (χ2v) is 5.36. The fraction of sp³-hybridized carbons (Fsp3) is 0.786. The first-order chi connectivity index (χ1) is 8.78. The maximum atomic E-state index is 6.10. The lowest BCUT2D eigenvalue weighted by atomic mass is 9.77. The zero-order chi connectivity index (χ0) is 12.8. The summed E-state index contributed by atoms with van der Waals surface area (Å²) in [7, 11) is 0. The Kier molecular flexibility index (Phi) is 4.78. The lowest BCUT2D eigenvalue weighted by Gasteiger charge is -2.39. The molecule has 0 atom stereocenters. The van der Waals surface area contributed by atoms with Crippen molar-refractivity contribution >= 4 is 0 Å². The highest BCUT2D eigenvalue weighted by atomic mass is 16.5. The van der Waals surface area contributed by atoms with Gasteiger partial charge in [0.15, 0.2) is 0 Å². The number of hydrogen-bond acceptors (Lipinski definition) is 3. The Morgan fingerprint density at radius 2 is 2.22 bits per heavy atom. The summed E-state index contributed by atoms with van der Waals surface area (Å²) in [6, 6.07) is 1.94. The van der Waals surface area contributed by atoms with Crippen LogP contribution in [0.3, 0.4) is 0 Å². The lowest BCUT2D eigenvalue weighted by Crippen LogP contribution is -2.44. The van der Waals surface area contributed by atoms with E-state index in [9.17, 15) is 0 Å². The average Bonchev–Trinajstić information content (AvgIpc) is 2.93. The first kappa shape index (κ1) is 13.6. The van der Waals surface area contributed by atoms with E-state index in [4.69, 9.17) is 10.5 Å². The monoisotopic (exact) mass is 251 g/mol. The first-order valence-electron chi connectivity index (χ1n) is 7.09. The zero-order valence-electron chi connectivity index (χ0n) is 11.3. The smallest absolute Gasteiger partial charge is 0.0805 e. The standard InChI is InChI=1S/C14H25N3O/c1-2-13-4-6-14(12-15,7-5-13)18-11-10-17-9-3-8-16-17/h3,8-9,13H,2,4-7,10-12,15H2,1H3. The van der Waals surface area contributed by atoms with Crippen LogP contribution in [0, 0.1) is 5.92 Å². The number of aromatic nitrogens is 2. The molecule has 0 saturated heterocycles. The van der Waals surface area contributed by atoms with E-state index in [-0.39, 0.29) is 5.60 Å². The second kappa shape index (κ2) is 6.34. The number of hydrogen-bond donors (Lipinski definition) is 1. The van der Waals surface area contributed by atoms with E-state index in [1.54, 1.807) is 6.20 Å². The molecular weight excluding hydrogens is 226 g/mol. The molecule has 0 amide bonds. The third kappa shape index (κ3) is 3.33. The molecule has 0 unspecified atom stereocenters. The van der Waals surface area contributed by atoms with E-state index in [0.717, 1.165) is 25.3 Å². The SMILES string of the molecule is CCC1CCC(CN)(OCCn2cccn2)CC1. The highest BCUT2D eigenvalue weighted by molar-refractivity contribution is 4.88. The minimum atomic E-state index is -0.0706. The molecule has 0 aliphatic heterocycles. The van der Waals surface area contributed by atoms with E-state index in [1.165, 1.54) is 19.3 Å². The van der Waals surface area contributed by atoms with Gasteiger partial charge in [-0.3, -0.25) is 4.68 Å². The topological polar surface area (TPSA) is 53.1 Å². The molecule has 1 fully saturated rings. The summed E-state index contributed by atoms with van der Waals surface area (Å²) in [4.78, 5) is 0. The van der Waals surface area contributed by atoms with Crippen LogP contribution in [0.2, 0.25) is 0 Å². The third-order valence-corrected chi connectivity index (χ3v) is 4.25. The molecule has 0 radical (unpaired) electrons. The van der Waals surface area contributed by atoms with Crippen molar-refractivity contribution in [3.63, 3.8) is 0 Å². The van der Waals surface area contributed by atoms with Crippen LogP contribution in [0.15, 0.2) is 18.5 Å². The summed E-state index contributed by atoms with van der Waals surface area (Å²) < 4.78 is 8.00. The highest BCUT2D eigenvalue weighted by Gasteiger charge is 2.34. The molecule has 4 heteroatoms. The number of nitrogens with two attached hydrogens (primary N) is 1. The molecule has 1 aliphatic rings. The van der Waals surface area contributed by atoms with Crippen LogP contribution >= 0.6 is 0 Å². The van der Waals surface area contributed by atoms with Crippen molar-refractivity contribution in [3.8, 4) is 0 Å². The van der Waals surface area contributed by atoms with E-state index < -0.39 is 0 Å². The summed E-state index contributed by atoms with van der Waals surface area (Å²) >= 11 is 0. The van der Waals surface area contributed by atoms with E-state index in [0.29, 0.717) is 13.2 Å². The van der Waals surface area contributed by atoms with Gasteiger partial charge in [-0.25, -0.2) is 0 Å². The summed E-state index contributed by atoms with van der Waals surface area (Å²) in [5.41, 5.74) is 5.87. The van der Waals surface area contributed by atoms with Gasteiger partial charge in [0.2, 0.25) is 0 Å². The molecule has 2 N–H and O–H groups in total. The van der Waals surface area contributed by atoms with Gasteiger partial charge >= 0.3 is 0 Å². The third-order valence-electron chi connectivity index (χ3n) is 4.25. The molecule has 0 bridgehead atoms. The van der Waals surface area contributed by atoms with Gasteiger partial charge in [-0.15, -0.1) is 0 Å². The van der Waals surface area contributed by atoms with E-state index in [1.807, 2.05) is 16.9 Å². The molecule has 0 spiro atoms. The molecule has 0 aromatic carbocycles. The van der Waals surface area contributed by atoms with Gasteiger partial charge in [0.1, 0.15) is 0 Å². The van der Waals surface area contributed by atoms with Crippen LogP contribution in [-0.2, 0) is 11.3 Å². The summed E-state index contributed by atoms with van der Waals surface area (Å²) in [6.07, 6.45) is 9.79. The number of ether oxygens (including phenoxy) is 1. The largest absolute Gasteiger partial charge is 0.372 e. The van der Waals surface area contributed by atoms with Crippen LogP contribution < -0.4 is 5.73 Å². The van der Waals surface area contributed by atoms with Gasteiger partial charge in [-0.2, -0.15) is 5.10 Å². The van der Waals surface area contributed by atoms with Gasteiger partial charge in [-0.05, 0) is 37.7 Å². The first-order valence-corrected chi connectivity index (χ1v) is 7.09. The van der Waals surface area contributed by atoms with Crippen LogP contribution in [0.4, 0.5) is 0 Å². The summed E-state index contributed by atoms with van der Waals surface area (Å²) in [6.45, 7) is 4.43. The molecule has 1 heterocycles. The molecule has 1 saturated carbocycles. The maximum Gasteiger partial charge on any atom is 0.0805 e. The van der Waals surface area contributed by atoms with E-state index in [2.05, 4.69) is 12.0 Å². The molecular formula is C14H25N3O. The minimum Gasteiger partial charge on any atom is -0.372 e. The van der Waals surface area contributed by atoms with E-state index >= 15 is 0 Å². The second-order valence-electron chi connectivity index (χ2n) is 5.36. The minimum absolute atomic E-state index is 0.0706. The molecule has 2 rings (SSSR count). The van der Waals surface area contributed by atoms with Gasteiger partial charge in [0.05, 0.1) is 18.8 Å². The zero-order valence-corrected chi connectivity index (χ0v) is 11.3. The van der Waals surface area contributed by atoms with Crippen LogP contribution in [0.5, 0.6) is 0 Å². The van der Waals surface area contributed by atoms with Crippen molar-refractivity contribution in [2.24, 2.45) is 11.7 Å². The maximum absolute atomic E-state index is 6.10. The number of rotatable bonds is 6. The van der Waals surface area contributed by atoms with Crippen molar-refractivity contribution in [2.75, 3.05) is 13.2 Å². The van der Waals surface area contributed by atoms with Gasteiger partial charge in [0, 0.05) is 18.9 Å². The fourth-order valence-electron chi connectivity index (χ4n) is 2.81. The quantitative estimate of drug-likeness (QED) is 0.843.